The van der Waals surface area contributed by atoms with Crippen LogP contribution in [0, 0.1) is 0 Å². The number of hydrogen-bond donors (Lipinski definition) is 1. The van der Waals surface area contributed by atoms with Gasteiger partial charge in [-0.15, -0.1) is 10.2 Å². The summed E-state index contributed by atoms with van der Waals surface area (Å²) in [7, 11) is 0.795. The zero-order chi connectivity index (χ0) is 18.3. The number of sulfonamides is 1. The molecular formula is C12H23N5O5S2. The molecule has 0 aromatic carbocycles. The van der Waals surface area contributed by atoms with E-state index in [0.29, 0.717) is 13.1 Å². The van der Waals surface area contributed by atoms with E-state index >= 15 is 0 Å². The maximum atomic E-state index is 12.3. The molecule has 0 spiro atoms. The smallest absolute Gasteiger partial charge is 0.323 e. The number of anilines is 1. The molecule has 0 fully saturated rings. The van der Waals surface area contributed by atoms with Crippen LogP contribution in [0.4, 0.5) is 9.93 Å². The zero-order valence-electron chi connectivity index (χ0n) is 14.3. The predicted molar refractivity (Wildman–Crippen MR) is 89.5 cm³/mol. The van der Waals surface area contributed by atoms with Crippen LogP contribution in [-0.4, -0.2) is 81.0 Å². The van der Waals surface area contributed by atoms with Crippen LogP contribution in [0.15, 0.2) is 4.34 Å². The normalized spacial score (nSPS) is 12.0. The summed E-state index contributed by atoms with van der Waals surface area (Å²) in [5.41, 5.74) is 0. The van der Waals surface area contributed by atoms with Crippen LogP contribution in [0.3, 0.4) is 0 Å². The van der Waals surface area contributed by atoms with Gasteiger partial charge in [0.2, 0.25) is 9.47 Å². The van der Waals surface area contributed by atoms with Crippen molar-refractivity contribution in [3.8, 4) is 0 Å². The van der Waals surface area contributed by atoms with Crippen molar-refractivity contribution >= 4 is 32.5 Å². The third-order valence-electron chi connectivity index (χ3n) is 3.18. The number of nitrogens with zero attached hydrogens (tertiary/aromatic N) is 4. The average molecular weight is 381 g/mol. The minimum Gasteiger partial charge on any atom is -0.354 e. The molecule has 1 aromatic rings. The van der Waals surface area contributed by atoms with Crippen molar-refractivity contribution in [3.05, 3.63) is 0 Å². The molecule has 138 valence electrons. The Morgan fingerprint density at radius 3 is 2.33 bits per heavy atom. The lowest BCUT2D eigenvalue weighted by Crippen LogP contribution is -2.38. The van der Waals surface area contributed by atoms with Crippen LogP contribution in [0.25, 0.3) is 0 Å². The SMILES string of the molecule is CCN(CC)S(=O)(=O)c1nnc(NC(=O)N(C)CC(OC)OC)s1. The molecule has 0 aliphatic rings. The number of likely N-dealkylation sites (N-methyl/N-ethyl adjacent to an activating group) is 1. The quantitative estimate of drug-likeness (QED) is 0.493. The highest BCUT2D eigenvalue weighted by Gasteiger charge is 2.27. The fourth-order valence-electron chi connectivity index (χ4n) is 1.78. The van der Waals surface area contributed by atoms with Gasteiger partial charge < -0.3 is 14.4 Å². The molecule has 10 nitrogen and oxygen atoms in total. The summed E-state index contributed by atoms with van der Waals surface area (Å²) < 4.78 is 35.8. The maximum Gasteiger partial charge on any atom is 0.323 e. The van der Waals surface area contributed by atoms with Crippen LogP contribution >= 0.6 is 11.3 Å². The standard InChI is InChI=1S/C12H23N5O5S2/c1-6-17(7-2)24(19,20)12-15-14-10(23-12)13-11(18)16(3)8-9(21-4)22-5/h9H,6-8H2,1-5H3,(H,13,14,18). The number of urea groups is 1. The van der Waals surface area contributed by atoms with Crippen molar-refractivity contribution in [1.29, 1.82) is 0 Å². The molecule has 0 radical (unpaired) electrons. The number of aromatic nitrogens is 2. The maximum absolute atomic E-state index is 12.3. The molecule has 0 bridgehead atoms. The van der Waals surface area contributed by atoms with Crippen LogP contribution in [-0.2, 0) is 19.5 Å². The molecule has 2 amide bonds. The van der Waals surface area contributed by atoms with E-state index < -0.39 is 22.3 Å². The molecule has 24 heavy (non-hydrogen) atoms. The van der Waals surface area contributed by atoms with Crippen molar-refractivity contribution < 1.29 is 22.7 Å². The van der Waals surface area contributed by atoms with E-state index in [2.05, 4.69) is 15.5 Å². The van der Waals surface area contributed by atoms with Crippen molar-refractivity contribution in [2.45, 2.75) is 24.5 Å². The molecule has 1 N–H and O–H groups in total. The van der Waals surface area contributed by atoms with Gasteiger partial charge in [-0.05, 0) is 0 Å². The van der Waals surface area contributed by atoms with E-state index in [0.717, 1.165) is 11.3 Å². The van der Waals surface area contributed by atoms with Crippen molar-refractivity contribution in [2.24, 2.45) is 0 Å². The molecule has 0 saturated carbocycles. The van der Waals surface area contributed by atoms with Crippen LogP contribution in [0.5, 0.6) is 0 Å². The number of nitrogens with one attached hydrogen (secondary N) is 1. The van der Waals surface area contributed by atoms with Gasteiger partial charge in [-0.25, -0.2) is 13.2 Å². The van der Waals surface area contributed by atoms with Gasteiger partial charge in [0.05, 0.1) is 6.54 Å². The molecule has 0 saturated heterocycles. The first-order valence-electron chi connectivity index (χ1n) is 7.21. The number of hydrogen-bond acceptors (Lipinski definition) is 8. The Morgan fingerprint density at radius 2 is 1.83 bits per heavy atom. The van der Waals surface area contributed by atoms with Gasteiger partial charge in [0, 0.05) is 34.4 Å². The third kappa shape index (κ3) is 5.08. The fraction of sp³-hybridized carbons (Fsp3) is 0.750. The summed E-state index contributed by atoms with van der Waals surface area (Å²) >= 11 is 0.802. The van der Waals surface area contributed by atoms with Gasteiger partial charge in [-0.1, -0.05) is 25.2 Å². The number of carbonyl (C=O) groups excluding carboxylic acids is 1. The van der Waals surface area contributed by atoms with Crippen molar-refractivity contribution in [2.75, 3.05) is 46.2 Å². The molecule has 0 unspecified atom stereocenters. The molecule has 0 aliphatic heterocycles. The monoisotopic (exact) mass is 381 g/mol. The Labute approximate surface area is 145 Å². The van der Waals surface area contributed by atoms with Crippen molar-refractivity contribution in [3.63, 3.8) is 0 Å². The van der Waals surface area contributed by atoms with E-state index in [1.807, 2.05) is 0 Å². The number of amides is 2. The Kier molecular flexibility index (Phi) is 7.96. The lowest BCUT2D eigenvalue weighted by atomic mass is 10.5. The van der Waals surface area contributed by atoms with Gasteiger partial charge in [-0.3, -0.25) is 5.32 Å². The van der Waals surface area contributed by atoms with Gasteiger partial charge in [0.15, 0.2) is 6.29 Å². The van der Waals surface area contributed by atoms with Crippen LogP contribution in [0.2, 0.25) is 0 Å². The Morgan fingerprint density at radius 1 is 1.25 bits per heavy atom. The highest BCUT2D eigenvalue weighted by atomic mass is 32.2. The number of rotatable bonds is 9. The first kappa shape index (κ1) is 20.7. The molecule has 1 aromatic heterocycles. The second-order valence-electron chi connectivity index (χ2n) is 4.67. The topological polar surface area (TPSA) is 114 Å². The summed E-state index contributed by atoms with van der Waals surface area (Å²) in [4.78, 5) is 13.4. The van der Waals surface area contributed by atoms with Gasteiger partial charge in [0.25, 0.3) is 10.0 Å². The Bertz CT molecular complexity index is 628. The summed E-state index contributed by atoms with van der Waals surface area (Å²) in [5, 5.41) is 9.98. The zero-order valence-corrected chi connectivity index (χ0v) is 16.0. The van der Waals surface area contributed by atoms with E-state index in [1.165, 1.54) is 23.4 Å². The van der Waals surface area contributed by atoms with Crippen LogP contribution in [0.1, 0.15) is 13.8 Å². The summed E-state index contributed by atoms with van der Waals surface area (Å²) in [6.45, 7) is 4.34. The molecule has 0 atom stereocenters. The fourth-order valence-corrected chi connectivity index (χ4v) is 4.26. The van der Waals surface area contributed by atoms with E-state index in [1.54, 1.807) is 20.9 Å². The minimum atomic E-state index is -3.69. The number of methoxy groups -OCH3 is 2. The van der Waals surface area contributed by atoms with E-state index in [-0.39, 0.29) is 16.0 Å². The van der Waals surface area contributed by atoms with Crippen molar-refractivity contribution in [1.82, 2.24) is 19.4 Å². The lowest BCUT2D eigenvalue weighted by molar-refractivity contribution is -0.108. The number of carbonyl (C=O) groups is 1. The van der Waals surface area contributed by atoms with Gasteiger partial charge in [0.1, 0.15) is 0 Å². The highest BCUT2D eigenvalue weighted by Crippen LogP contribution is 2.23. The third-order valence-corrected chi connectivity index (χ3v) is 6.42. The first-order chi connectivity index (χ1) is 11.3. The largest absolute Gasteiger partial charge is 0.354 e. The molecule has 1 rings (SSSR count). The average Bonchev–Trinajstić information content (AvgIpc) is 3.02. The summed E-state index contributed by atoms with van der Waals surface area (Å²) in [6.07, 6.45) is -0.561. The summed E-state index contributed by atoms with van der Waals surface area (Å²) in [5.74, 6) is 0. The Balaban J connectivity index is 2.78. The van der Waals surface area contributed by atoms with Gasteiger partial charge in [-0.2, -0.15) is 4.31 Å². The first-order valence-corrected chi connectivity index (χ1v) is 9.47. The molecule has 12 heteroatoms. The second-order valence-corrected chi connectivity index (χ2v) is 7.76. The van der Waals surface area contributed by atoms with E-state index in [9.17, 15) is 13.2 Å². The molecule has 0 aliphatic carbocycles. The van der Waals surface area contributed by atoms with Crippen LogP contribution < -0.4 is 5.32 Å². The second kappa shape index (κ2) is 9.22. The molecular weight excluding hydrogens is 358 g/mol. The van der Waals surface area contributed by atoms with Gasteiger partial charge >= 0.3 is 6.03 Å². The highest BCUT2D eigenvalue weighted by molar-refractivity contribution is 7.91. The summed E-state index contributed by atoms with van der Waals surface area (Å²) in [6, 6.07) is -0.475. The minimum absolute atomic E-state index is 0.101. The molecule has 1 heterocycles. The van der Waals surface area contributed by atoms with E-state index in [4.69, 9.17) is 9.47 Å². The number of ether oxygens (including phenoxy) is 2. The predicted octanol–water partition coefficient (Wildman–Crippen LogP) is 0.651. The Hall–Kier alpha value is -1.34. The lowest BCUT2D eigenvalue weighted by Gasteiger charge is -2.21.